The molecule has 4 atom stereocenters. The van der Waals surface area contributed by atoms with E-state index < -0.39 is 0 Å². The van der Waals surface area contributed by atoms with E-state index in [0.29, 0.717) is 12.1 Å². The number of nitrogens with one attached hydrogen (secondary N) is 1. The maximum Gasteiger partial charge on any atom is 0.0294 e. The van der Waals surface area contributed by atoms with Gasteiger partial charge in [0.2, 0.25) is 0 Å². The van der Waals surface area contributed by atoms with Gasteiger partial charge < -0.3 is 5.32 Å². The first-order chi connectivity index (χ1) is 8.16. The smallest absolute Gasteiger partial charge is 0.0294 e. The highest BCUT2D eigenvalue weighted by Crippen LogP contribution is 2.30. The molecule has 1 N–H and O–H groups in total. The van der Waals surface area contributed by atoms with E-state index >= 15 is 0 Å². The Morgan fingerprint density at radius 1 is 1.12 bits per heavy atom. The average Bonchev–Trinajstić information content (AvgIpc) is 2.35. The molecule has 0 aromatic heterocycles. The molecule has 0 heterocycles. The predicted molar refractivity (Wildman–Crippen MR) is 74.0 cm³/mol. The molecule has 0 radical (unpaired) electrons. The normalized spacial score (nSPS) is 31.1. The molecule has 1 fully saturated rings. The van der Waals surface area contributed by atoms with E-state index in [4.69, 9.17) is 0 Å². The lowest BCUT2D eigenvalue weighted by molar-refractivity contribution is 0.216. The van der Waals surface area contributed by atoms with Crippen molar-refractivity contribution >= 4 is 0 Å². The van der Waals surface area contributed by atoms with Crippen LogP contribution in [0.1, 0.15) is 51.6 Å². The quantitative estimate of drug-likeness (QED) is 0.823. The van der Waals surface area contributed by atoms with Gasteiger partial charge in [0.25, 0.3) is 0 Å². The number of hydrogen-bond acceptors (Lipinski definition) is 1. The Labute approximate surface area is 106 Å². The maximum absolute atomic E-state index is 3.82. The third kappa shape index (κ3) is 3.32. The molecule has 0 amide bonds. The Balaban J connectivity index is 1.96. The molecule has 17 heavy (non-hydrogen) atoms. The average molecular weight is 231 g/mol. The Bertz CT molecular complexity index is 333. The van der Waals surface area contributed by atoms with Crippen LogP contribution < -0.4 is 5.32 Å². The van der Waals surface area contributed by atoms with Gasteiger partial charge in [0.1, 0.15) is 0 Å². The number of rotatable bonds is 3. The van der Waals surface area contributed by atoms with Crippen LogP contribution in [0.3, 0.4) is 0 Å². The Morgan fingerprint density at radius 2 is 1.82 bits per heavy atom. The van der Waals surface area contributed by atoms with E-state index in [1.54, 1.807) is 0 Å². The molecule has 4 unspecified atom stereocenters. The van der Waals surface area contributed by atoms with Gasteiger partial charge in [-0.15, -0.1) is 0 Å². The predicted octanol–water partition coefficient (Wildman–Crippen LogP) is 4.16. The standard InChI is InChI=1S/C16H25N/c1-12-9-10-13(2)16(11-12)17-14(3)15-7-5-4-6-8-15/h4-8,12-14,16-17H,9-11H2,1-3H3. The van der Waals surface area contributed by atoms with Crippen molar-refractivity contribution in [1.29, 1.82) is 0 Å². The molecule has 1 nitrogen and oxygen atoms in total. The van der Waals surface area contributed by atoms with Crippen LogP contribution in [-0.2, 0) is 0 Å². The molecule has 0 bridgehead atoms. The molecule has 1 aromatic carbocycles. The van der Waals surface area contributed by atoms with Crippen LogP contribution in [0.4, 0.5) is 0 Å². The van der Waals surface area contributed by atoms with Gasteiger partial charge in [0.05, 0.1) is 0 Å². The molecular formula is C16H25N. The van der Waals surface area contributed by atoms with E-state index in [2.05, 4.69) is 56.4 Å². The van der Waals surface area contributed by atoms with Crippen molar-refractivity contribution in [3.63, 3.8) is 0 Å². The van der Waals surface area contributed by atoms with Crippen molar-refractivity contribution in [2.75, 3.05) is 0 Å². The van der Waals surface area contributed by atoms with Crippen molar-refractivity contribution in [1.82, 2.24) is 5.32 Å². The van der Waals surface area contributed by atoms with Gasteiger partial charge in [-0.05, 0) is 37.2 Å². The minimum atomic E-state index is 0.467. The first-order valence-electron chi connectivity index (χ1n) is 6.98. The summed E-state index contributed by atoms with van der Waals surface area (Å²) in [5.74, 6) is 1.70. The van der Waals surface area contributed by atoms with E-state index in [1.807, 2.05) is 0 Å². The molecular weight excluding hydrogens is 206 g/mol. The van der Waals surface area contributed by atoms with Crippen molar-refractivity contribution in [2.45, 2.75) is 52.1 Å². The van der Waals surface area contributed by atoms with Gasteiger partial charge in [-0.2, -0.15) is 0 Å². The van der Waals surface area contributed by atoms with E-state index in [-0.39, 0.29) is 0 Å². The zero-order valence-corrected chi connectivity index (χ0v) is 11.3. The summed E-state index contributed by atoms with van der Waals surface area (Å²) in [6.45, 7) is 7.05. The lowest BCUT2D eigenvalue weighted by Crippen LogP contribution is -2.40. The highest BCUT2D eigenvalue weighted by Gasteiger charge is 2.26. The molecule has 1 heteroatoms. The second-order valence-electron chi connectivity index (χ2n) is 5.80. The van der Waals surface area contributed by atoms with Crippen LogP contribution in [0, 0.1) is 11.8 Å². The number of benzene rings is 1. The molecule has 0 aliphatic heterocycles. The zero-order chi connectivity index (χ0) is 12.3. The van der Waals surface area contributed by atoms with E-state index in [1.165, 1.54) is 24.8 Å². The fourth-order valence-corrected chi connectivity index (χ4v) is 2.92. The lowest BCUT2D eigenvalue weighted by Gasteiger charge is -2.35. The molecule has 2 rings (SSSR count). The SMILES string of the molecule is CC1CCC(C)C(NC(C)c2ccccc2)C1. The number of hydrogen-bond donors (Lipinski definition) is 1. The van der Waals surface area contributed by atoms with Crippen LogP contribution >= 0.6 is 0 Å². The van der Waals surface area contributed by atoms with Crippen molar-refractivity contribution < 1.29 is 0 Å². The third-order valence-electron chi connectivity index (χ3n) is 4.22. The van der Waals surface area contributed by atoms with Crippen LogP contribution in [0.25, 0.3) is 0 Å². The summed E-state index contributed by atoms with van der Waals surface area (Å²) >= 11 is 0. The fourth-order valence-electron chi connectivity index (χ4n) is 2.92. The molecule has 1 aromatic rings. The molecule has 0 saturated heterocycles. The first kappa shape index (κ1) is 12.6. The minimum absolute atomic E-state index is 0.467. The van der Waals surface area contributed by atoms with E-state index in [0.717, 1.165) is 11.8 Å². The Kier molecular flexibility index (Phi) is 4.22. The molecule has 1 aliphatic rings. The van der Waals surface area contributed by atoms with Gasteiger partial charge in [-0.3, -0.25) is 0 Å². The topological polar surface area (TPSA) is 12.0 Å². The summed E-state index contributed by atoms with van der Waals surface area (Å²) in [6, 6.07) is 11.9. The van der Waals surface area contributed by atoms with Gasteiger partial charge in [-0.25, -0.2) is 0 Å². The minimum Gasteiger partial charge on any atom is -0.307 e. The third-order valence-corrected chi connectivity index (χ3v) is 4.22. The molecule has 94 valence electrons. The lowest BCUT2D eigenvalue weighted by atomic mass is 9.79. The van der Waals surface area contributed by atoms with Crippen LogP contribution in [0.15, 0.2) is 30.3 Å². The largest absolute Gasteiger partial charge is 0.307 e. The maximum atomic E-state index is 3.82. The summed E-state index contributed by atoms with van der Waals surface area (Å²) in [5, 5.41) is 3.82. The summed E-state index contributed by atoms with van der Waals surface area (Å²) < 4.78 is 0. The summed E-state index contributed by atoms with van der Waals surface area (Å²) in [4.78, 5) is 0. The van der Waals surface area contributed by atoms with Crippen LogP contribution in [0.5, 0.6) is 0 Å². The monoisotopic (exact) mass is 231 g/mol. The summed E-state index contributed by atoms with van der Waals surface area (Å²) in [7, 11) is 0. The Morgan fingerprint density at radius 3 is 2.53 bits per heavy atom. The van der Waals surface area contributed by atoms with Crippen molar-refractivity contribution in [3.05, 3.63) is 35.9 Å². The first-order valence-corrected chi connectivity index (χ1v) is 6.98. The van der Waals surface area contributed by atoms with Crippen molar-refractivity contribution in [2.24, 2.45) is 11.8 Å². The van der Waals surface area contributed by atoms with Gasteiger partial charge >= 0.3 is 0 Å². The highest BCUT2D eigenvalue weighted by atomic mass is 15.0. The van der Waals surface area contributed by atoms with Crippen molar-refractivity contribution in [3.8, 4) is 0 Å². The highest BCUT2D eigenvalue weighted by molar-refractivity contribution is 5.18. The molecule has 1 saturated carbocycles. The molecule has 0 spiro atoms. The fraction of sp³-hybridized carbons (Fsp3) is 0.625. The van der Waals surface area contributed by atoms with E-state index in [9.17, 15) is 0 Å². The zero-order valence-electron chi connectivity index (χ0n) is 11.3. The van der Waals surface area contributed by atoms with Gasteiger partial charge in [0.15, 0.2) is 0 Å². The second-order valence-corrected chi connectivity index (χ2v) is 5.80. The van der Waals surface area contributed by atoms with Gasteiger partial charge in [-0.1, -0.05) is 50.6 Å². The Hall–Kier alpha value is -0.820. The summed E-state index contributed by atoms with van der Waals surface area (Å²) in [5.41, 5.74) is 1.40. The summed E-state index contributed by atoms with van der Waals surface area (Å²) in [6.07, 6.45) is 4.11. The second kappa shape index (κ2) is 5.68. The van der Waals surface area contributed by atoms with Gasteiger partial charge in [0, 0.05) is 12.1 Å². The van der Waals surface area contributed by atoms with Crippen LogP contribution in [0.2, 0.25) is 0 Å². The molecule has 1 aliphatic carbocycles. The van der Waals surface area contributed by atoms with Crippen LogP contribution in [-0.4, -0.2) is 6.04 Å².